The van der Waals surface area contributed by atoms with E-state index in [1.807, 2.05) is 32.9 Å². The van der Waals surface area contributed by atoms with E-state index in [9.17, 15) is 4.79 Å². The second kappa shape index (κ2) is 7.55. The van der Waals surface area contributed by atoms with Crippen LogP contribution in [0.25, 0.3) is 0 Å². The van der Waals surface area contributed by atoms with E-state index in [-0.39, 0.29) is 5.91 Å². The number of carbonyl (C=O) groups excluding carboxylic acids is 1. The molecule has 0 radical (unpaired) electrons. The van der Waals surface area contributed by atoms with Crippen molar-refractivity contribution in [3.05, 3.63) is 51.4 Å². The lowest BCUT2D eigenvalue weighted by molar-refractivity contribution is 0.0949. The van der Waals surface area contributed by atoms with Gasteiger partial charge in [0.1, 0.15) is 17.3 Å². The highest BCUT2D eigenvalue weighted by Crippen LogP contribution is 2.22. The summed E-state index contributed by atoms with van der Waals surface area (Å²) >= 11 is 5.91. The van der Waals surface area contributed by atoms with Crippen LogP contribution < -0.4 is 10.1 Å². The highest BCUT2D eigenvalue weighted by atomic mass is 35.5. The van der Waals surface area contributed by atoms with Crippen molar-refractivity contribution in [3.8, 4) is 5.75 Å². The molecule has 0 aliphatic heterocycles. The number of hydrogen-bond acceptors (Lipinski definition) is 3. The molecule has 1 heterocycles. The first-order chi connectivity index (χ1) is 10.9. The highest BCUT2D eigenvalue weighted by Gasteiger charge is 2.17. The van der Waals surface area contributed by atoms with Crippen molar-refractivity contribution in [2.45, 2.75) is 34.1 Å². The molecule has 2 rings (SSSR count). The van der Waals surface area contributed by atoms with Gasteiger partial charge in [-0.3, -0.25) is 4.79 Å². The maximum absolute atomic E-state index is 12.2. The van der Waals surface area contributed by atoms with Gasteiger partial charge < -0.3 is 14.5 Å². The lowest BCUT2D eigenvalue weighted by Crippen LogP contribution is -2.26. The van der Waals surface area contributed by atoms with Crippen LogP contribution in [-0.4, -0.2) is 19.1 Å². The summed E-state index contributed by atoms with van der Waals surface area (Å²) in [7, 11) is 0. The first-order valence-electron chi connectivity index (χ1n) is 7.64. The predicted molar refractivity (Wildman–Crippen MR) is 91.6 cm³/mol. The lowest BCUT2D eigenvalue weighted by Gasteiger charge is -2.10. The van der Waals surface area contributed by atoms with Crippen LogP contribution in [0.3, 0.4) is 0 Å². The van der Waals surface area contributed by atoms with Crippen LogP contribution in [0.2, 0.25) is 5.02 Å². The summed E-state index contributed by atoms with van der Waals surface area (Å²) in [5, 5.41) is 3.60. The largest absolute Gasteiger partial charge is 0.493 e. The zero-order chi connectivity index (χ0) is 17.0. The van der Waals surface area contributed by atoms with E-state index in [4.69, 9.17) is 20.8 Å². The molecule has 0 saturated carbocycles. The zero-order valence-electron chi connectivity index (χ0n) is 14.0. The molecule has 23 heavy (non-hydrogen) atoms. The summed E-state index contributed by atoms with van der Waals surface area (Å²) in [5.41, 5.74) is 2.53. The van der Waals surface area contributed by atoms with E-state index in [1.165, 1.54) is 0 Å². The standard InChI is InChI=1S/C18H22ClNO3/c1-11-10-15(19)6-7-16(11)22-9-5-8-20-18(21)17-12(2)13(3)23-14(17)4/h6-7,10H,5,8-9H2,1-4H3,(H,20,21). The van der Waals surface area contributed by atoms with Gasteiger partial charge in [-0.15, -0.1) is 0 Å². The van der Waals surface area contributed by atoms with Gasteiger partial charge in [0, 0.05) is 17.1 Å². The second-order valence-electron chi connectivity index (χ2n) is 5.58. The van der Waals surface area contributed by atoms with Crippen LogP contribution >= 0.6 is 11.6 Å². The molecule has 0 bridgehead atoms. The van der Waals surface area contributed by atoms with Crippen LogP contribution in [0, 0.1) is 27.7 Å². The van der Waals surface area contributed by atoms with Gasteiger partial charge >= 0.3 is 0 Å². The molecule has 0 saturated heterocycles. The Hall–Kier alpha value is -1.94. The summed E-state index contributed by atoms with van der Waals surface area (Å²) in [6.07, 6.45) is 0.725. The Labute approximate surface area is 141 Å². The Morgan fingerprint density at radius 2 is 1.96 bits per heavy atom. The molecule has 0 unspecified atom stereocenters. The van der Waals surface area contributed by atoms with Crippen molar-refractivity contribution in [1.82, 2.24) is 5.32 Å². The van der Waals surface area contributed by atoms with E-state index in [2.05, 4.69) is 5.32 Å². The number of halogens is 1. The smallest absolute Gasteiger partial charge is 0.255 e. The van der Waals surface area contributed by atoms with Crippen LogP contribution in [0.15, 0.2) is 22.6 Å². The Morgan fingerprint density at radius 1 is 1.22 bits per heavy atom. The first-order valence-corrected chi connectivity index (χ1v) is 8.01. The van der Waals surface area contributed by atoms with Crippen LogP contribution in [0.1, 0.15) is 39.4 Å². The molecule has 0 fully saturated rings. The zero-order valence-corrected chi connectivity index (χ0v) is 14.7. The Morgan fingerprint density at radius 3 is 2.57 bits per heavy atom. The number of hydrogen-bond donors (Lipinski definition) is 1. The van der Waals surface area contributed by atoms with Crippen LogP contribution in [-0.2, 0) is 0 Å². The molecule has 0 aliphatic carbocycles. The van der Waals surface area contributed by atoms with Gasteiger partial charge in [-0.05, 0) is 57.9 Å². The van der Waals surface area contributed by atoms with Gasteiger partial charge in [0.2, 0.25) is 0 Å². The fraction of sp³-hybridized carbons (Fsp3) is 0.389. The minimum absolute atomic E-state index is 0.0977. The van der Waals surface area contributed by atoms with Crippen molar-refractivity contribution in [3.63, 3.8) is 0 Å². The molecule has 1 aromatic heterocycles. The fourth-order valence-electron chi connectivity index (χ4n) is 2.45. The van der Waals surface area contributed by atoms with Crippen LogP contribution in [0.5, 0.6) is 5.75 Å². The summed E-state index contributed by atoms with van der Waals surface area (Å²) in [4.78, 5) is 12.2. The van der Waals surface area contributed by atoms with E-state index in [0.717, 1.165) is 29.1 Å². The summed E-state index contributed by atoms with van der Waals surface area (Å²) in [5.74, 6) is 2.16. The van der Waals surface area contributed by atoms with Crippen molar-refractivity contribution in [2.75, 3.05) is 13.2 Å². The van der Waals surface area contributed by atoms with Crippen LogP contribution in [0.4, 0.5) is 0 Å². The van der Waals surface area contributed by atoms with Gasteiger partial charge in [-0.2, -0.15) is 0 Å². The fourth-order valence-corrected chi connectivity index (χ4v) is 2.67. The number of carbonyl (C=O) groups is 1. The monoisotopic (exact) mass is 335 g/mol. The van der Waals surface area contributed by atoms with Crippen molar-refractivity contribution < 1.29 is 13.9 Å². The number of nitrogens with one attached hydrogen (secondary N) is 1. The number of furan rings is 1. The molecule has 5 heteroatoms. The number of amides is 1. The molecule has 124 valence electrons. The lowest BCUT2D eigenvalue weighted by atomic mass is 10.1. The normalized spacial score (nSPS) is 10.7. The Bertz CT molecular complexity index is 707. The third kappa shape index (κ3) is 4.29. The molecule has 1 aromatic carbocycles. The number of benzene rings is 1. The number of ether oxygens (including phenoxy) is 1. The summed E-state index contributed by atoms with van der Waals surface area (Å²) in [6, 6.07) is 5.53. The van der Waals surface area contributed by atoms with E-state index >= 15 is 0 Å². The maximum atomic E-state index is 12.2. The van der Waals surface area contributed by atoms with Crippen molar-refractivity contribution >= 4 is 17.5 Å². The average Bonchev–Trinajstić information content (AvgIpc) is 2.73. The predicted octanol–water partition coefficient (Wildman–Crippen LogP) is 4.37. The SMILES string of the molecule is Cc1cc(Cl)ccc1OCCCNC(=O)c1c(C)oc(C)c1C. The molecule has 0 atom stereocenters. The maximum Gasteiger partial charge on any atom is 0.255 e. The van der Waals surface area contributed by atoms with Gasteiger partial charge in [0.05, 0.1) is 12.2 Å². The quantitative estimate of drug-likeness (QED) is 0.798. The molecule has 4 nitrogen and oxygen atoms in total. The molecule has 0 spiro atoms. The van der Waals surface area contributed by atoms with Gasteiger partial charge in [-0.25, -0.2) is 0 Å². The van der Waals surface area contributed by atoms with E-state index in [0.29, 0.717) is 29.5 Å². The van der Waals surface area contributed by atoms with Gasteiger partial charge in [0.25, 0.3) is 5.91 Å². The van der Waals surface area contributed by atoms with Gasteiger partial charge in [-0.1, -0.05) is 11.6 Å². The van der Waals surface area contributed by atoms with Crippen molar-refractivity contribution in [2.24, 2.45) is 0 Å². The Balaban J connectivity index is 1.78. The number of aryl methyl sites for hydroxylation is 3. The molecular formula is C18H22ClNO3. The summed E-state index contributed by atoms with van der Waals surface area (Å²) in [6.45, 7) is 8.60. The first kappa shape index (κ1) is 17.4. The minimum atomic E-state index is -0.0977. The molecule has 2 aromatic rings. The van der Waals surface area contributed by atoms with E-state index < -0.39 is 0 Å². The number of rotatable bonds is 6. The second-order valence-corrected chi connectivity index (χ2v) is 6.02. The van der Waals surface area contributed by atoms with Crippen molar-refractivity contribution in [1.29, 1.82) is 0 Å². The molecule has 0 aliphatic rings. The third-order valence-corrected chi connectivity index (χ3v) is 4.02. The molecular weight excluding hydrogens is 314 g/mol. The summed E-state index contributed by atoms with van der Waals surface area (Å²) < 4.78 is 11.2. The third-order valence-electron chi connectivity index (χ3n) is 3.79. The van der Waals surface area contributed by atoms with Gasteiger partial charge in [0.15, 0.2) is 0 Å². The molecule has 1 N–H and O–H groups in total. The highest BCUT2D eigenvalue weighted by molar-refractivity contribution is 6.30. The average molecular weight is 336 g/mol. The topological polar surface area (TPSA) is 51.5 Å². The minimum Gasteiger partial charge on any atom is -0.493 e. The Kier molecular flexibility index (Phi) is 5.72. The molecule has 1 amide bonds. The van der Waals surface area contributed by atoms with E-state index in [1.54, 1.807) is 13.0 Å².